The summed E-state index contributed by atoms with van der Waals surface area (Å²) in [5, 5.41) is 17.0. The first-order valence-corrected chi connectivity index (χ1v) is 9.79. The van der Waals surface area contributed by atoms with Gasteiger partial charge in [-0.05, 0) is 46.5 Å². The molecule has 8 nitrogen and oxygen atoms in total. The normalized spacial score (nSPS) is 18.3. The van der Waals surface area contributed by atoms with Gasteiger partial charge in [0.25, 0.3) is 0 Å². The molecule has 2 aliphatic rings. The SMILES string of the molecule is C=C(C(=O)O)C(C)C=C(C)C(=O)O.C=C(C)C(=O)OC1(C2(OC(=O)C(=C)C)CC2)CC1. The van der Waals surface area contributed by atoms with Gasteiger partial charge in [-0.2, -0.15) is 0 Å². The van der Waals surface area contributed by atoms with Crippen molar-refractivity contribution in [3.05, 3.63) is 48.1 Å². The van der Waals surface area contributed by atoms with Crippen molar-refractivity contribution in [2.75, 3.05) is 0 Å². The van der Waals surface area contributed by atoms with Crippen molar-refractivity contribution in [2.45, 2.75) is 64.6 Å². The van der Waals surface area contributed by atoms with Crippen LogP contribution >= 0.6 is 0 Å². The maximum atomic E-state index is 11.6. The molecular formula is C23H30O8. The smallest absolute Gasteiger partial charge is 0.333 e. The van der Waals surface area contributed by atoms with E-state index in [4.69, 9.17) is 19.7 Å². The van der Waals surface area contributed by atoms with Crippen LogP contribution in [0.5, 0.6) is 0 Å². The Bertz CT molecular complexity index is 811. The Labute approximate surface area is 181 Å². The Balaban J connectivity index is 0.000000330. The van der Waals surface area contributed by atoms with Crippen LogP contribution in [0.4, 0.5) is 0 Å². The molecule has 0 bridgehead atoms. The van der Waals surface area contributed by atoms with Crippen molar-refractivity contribution < 1.29 is 38.9 Å². The number of hydrogen-bond donors (Lipinski definition) is 2. The minimum Gasteiger partial charge on any atom is -0.478 e. The van der Waals surface area contributed by atoms with Gasteiger partial charge in [-0.25, -0.2) is 19.2 Å². The molecule has 8 heteroatoms. The predicted molar refractivity (Wildman–Crippen MR) is 113 cm³/mol. The van der Waals surface area contributed by atoms with Gasteiger partial charge in [-0.15, -0.1) is 0 Å². The van der Waals surface area contributed by atoms with Crippen molar-refractivity contribution in [1.29, 1.82) is 0 Å². The summed E-state index contributed by atoms with van der Waals surface area (Å²) in [5.74, 6) is -3.45. The largest absolute Gasteiger partial charge is 0.478 e. The van der Waals surface area contributed by atoms with E-state index in [1.54, 1.807) is 20.8 Å². The monoisotopic (exact) mass is 434 g/mol. The zero-order valence-electron chi connectivity index (χ0n) is 18.4. The maximum absolute atomic E-state index is 11.6. The highest BCUT2D eigenvalue weighted by Gasteiger charge is 2.71. The summed E-state index contributed by atoms with van der Waals surface area (Å²) in [6.45, 7) is 16.7. The lowest BCUT2D eigenvalue weighted by atomic mass is 10.0. The fourth-order valence-corrected chi connectivity index (χ4v) is 2.80. The Morgan fingerprint density at radius 1 is 0.806 bits per heavy atom. The first-order chi connectivity index (χ1) is 14.2. The Hall–Kier alpha value is -3.16. The first-order valence-electron chi connectivity index (χ1n) is 9.79. The number of carbonyl (C=O) groups is 4. The van der Waals surface area contributed by atoms with Crippen molar-refractivity contribution in [3.63, 3.8) is 0 Å². The van der Waals surface area contributed by atoms with Crippen LogP contribution < -0.4 is 0 Å². The predicted octanol–water partition coefficient (Wildman–Crippen LogP) is 3.58. The molecule has 0 aromatic rings. The molecule has 31 heavy (non-hydrogen) atoms. The highest BCUT2D eigenvalue weighted by Crippen LogP contribution is 2.62. The number of aliphatic carboxylic acids is 2. The van der Waals surface area contributed by atoms with Gasteiger partial charge >= 0.3 is 23.9 Å². The van der Waals surface area contributed by atoms with Gasteiger partial charge in [-0.1, -0.05) is 32.7 Å². The van der Waals surface area contributed by atoms with Crippen molar-refractivity contribution in [2.24, 2.45) is 5.92 Å². The Morgan fingerprint density at radius 3 is 1.39 bits per heavy atom. The van der Waals surface area contributed by atoms with E-state index in [1.807, 2.05) is 0 Å². The first kappa shape index (κ1) is 25.9. The van der Waals surface area contributed by atoms with Crippen LogP contribution in [0.15, 0.2) is 48.1 Å². The van der Waals surface area contributed by atoms with Gasteiger partial charge < -0.3 is 19.7 Å². The third kappa shape index (κ3) is 6.67. The second kappa shape index (κ2) is 9.76. The lowest BCUT2D eigenvalue weighted by molar-refractivity contribution is -0.171. The zero-order chi connectivity index (χ0) is 24.1. The van der Waals surface area contributed by atoms with Crippen LogP contribution in [-0.2, 0) is 28.7 Å². The van der Waals surface area contributed by atoms with Crippen LogP contribution in [0.25, 0.3) is 0 Å². The van der Waals surface area contributed by atoms with E-state index < -0.39 is 41.0 Å². The molecule has 0 aromatic carbocycles. The summed E-state index contributed by atoms with van der Waals surface area (Å²) in [5.41, 5.74) is -0.399. The number of carbonyl (C=O) groups excluding carboxylic acids is 2. The Kier molecular flexibility index (Phi) is 8.15. The molecule has 0 heterocycles. The molecule has 0 saturated heterocycles. The summed E-state index contributed by atoms with van der Waals surface area (Å²) in [4.78, 5) is 44.0. The van der Waals surface area contributed by atoms with Gasteiger partial charge in [-0.3, -0.25) is 0 Å². The van der Waals surface area contributed by atoms with Gasteiger partial charge in [0.15, 0.2) is 11.2 Å². The molecule has 170 valence electrons. The molecule has 2 N–H and O–H groups in total. The van der Waals surface area contributed by atoms with Crippen molar-refractivity contribution in [1.82, 2.24) is 0 Å². The van der Waals surface area contributed by atoms with Crippen LogP contribution in [0.1, 0.15) is 53.4 Å². The highest BCUT2D eigenvalue weighted by molar-refractivity contribution is 5.89. The zero-order valence-corrected chi connectivity index (χ0v) is 18.4. The molecule has 0 aliphatic heterocycles. The fourth-order valence-electron chi connectivity index (χ4n) is 2.80. The number of hydrogen-bond acceptors (Lipinski definition) is 6. The molecule has 2 fully saturated rings. The van der Waals surface area contributed by atoms with Crippen LogP contribution in [0.2, 0.25) is 0 Å². The lowest BCUT2D eigenvalue weighted by Gasteiger charge is -2.27. The Morgan fingerprint density at radius 2 is 1.16 bits per heavy atom. The van der Waals surface area contributed by atoms with E-state index in [-0.39, 0.29) is 11.1 Å². The molecule has 1 unspecified atom stereocenters. The van der Waals surface area contributed by atoms with Crippen molar-refractivity contribution >= 4 is 23.9 Å². The molecule has 2 rings (SSSR count). The molecule has 2 aliphatic carbocycles. The average Bonchev–Trinajstić information content (AvgIpc) is 3.58. The number of ether oxygens (including phenoxy) is 2. The number of esters is 2. The van der Waals surface area contributed by atoms with Crippen LogP contribution in [-0.4, -0.2) is 45.3 Å². The third-order valence-electron chi connectivity index (χ3n) is 5.17. The van der Waals surface area contributed by atoms with Gasteiger partial charge in [0.1, 0.15) is 0 Å². The summed E-state index contributed by atoms with van der Waals surface area (Å²) >= 11 is 0. The molecule has 2 saturated carbocycles. The molecular weight excluding hydrogens is 404 g/mol. The number of allylic oxidation sites excluding steroid dienone is 1. The number of carboxylic acids is 2. The summed E-state index contributed by atoms with van der Waals surface area (Å²) in [7, 11) is 0. The number of carboxylic acid groups (broad SMARTS) is 2. The van der Waals surface area contributed by atoms with E-state index in [0.717, 1.165) is 25.7 Å². The van der Waals surface area contributed by atoms with Crippen LogP contribution in [0.3, 0.4) is 0 Å². The standard InChI is InChI=1S/C14H18O4.C9H12O4/c1-9(2)11(15)17-13(5-6-13)14(7-8-14)18-12(16)10(3)4;1-5(7(3)9(12)13)4-6(2)8(10)11/h1,3,5-8H2,2,4H3;4-5H,3H2,1-2H3,(H,10,11)(H,12,13). The minimum absolute atomic E-state index is 0.0133. The minimum atomic E-state index is -1.11. The highest BCUT2D eigenvalue weighted by atomic mass is 16.6. The summed E-state index contributed by atoms with van der Waals surface area (Å²) in [6, 6.07) is 0. The summed E-state index contributed by atoms with van der Waals surface area (Å²) in [6.07, 6.45) is 4.34. The average molecular weight is 434 g/mol. The lowest BCUT2D eigenvalue weighted by Crippen LogP contribution is -2.39. The fraction of sp³-hybridized carbons (Fsp3) is 0.478. The van der Waals surface area contributed by atoms with E-state index >= 15 is 0 Å². The second-order valence-corrected chi connectivity index (χ2v) is 8.10. The maximum Gasteiger partial charge on any atom is 0.333 e. The van der Waals surface area contributed by atoms with E-state index in [0.29, 0.717) is 11.1 Å². The van der Waals surface area contributed by atoms with Crippen molar-refractivity contribution in [3.8, 4) is 0 Å². The molecule has 0 aromatic heterocycles. The van der Waals surface area contributed by atoms with Gasteiger partial charge in [0, 0.05) is 28.2 Å². The van der Waals surface area contributed by atoms with E-state index in [9.17, 15) is 19.2 Å². The quantitative estimate of drug-likeness (QED) is 0.416. The van der Waals surface area contributed by atoms with Gasteiger partial charge in [0.2, 0.25) is 0 Å². The molecule has 1 atom stereocenters. The summed E-state index contributed by atoms with van der Waals surface area (Å²) < 4.78 is 10.9. The van der Waals surface area contributed by atoms with Gasteiger partial charge in [0.05, 0.1) is 0 Å². The molecule has 0 spiro atoms. The topological polar surface area (TPSA) is 127 Å². The second-order valence-electron chi connectivity index (χ2n) is 8.10. The molecule has 0 amide bonds. The third-order valence-corrected chi connectivity index (χ3v) is 5.17. The van der Waals surface area contributed by atoms with Crippen LogP contribution in [0, 0.1) is 5.92 Å². The van der Waals surface area contributed by atoms with E-state index in [1.165, 1.54) is 13.0 Å². The van der Waals surface area contributed by atoms with E-state index in [2.05, 4.69) is 19.7 Å². The number of rotatable bonds is 9. The molecule has 0 radical (unpaired) electrons.